The first-order valence-corrected chi connectivity index (χ1v) is 12.0. The Bertz CT molecular complexity index is 1660. The predicted molar refractivity (Wildman–Crippen MR) is 124 cm³/mol. The molecule has 11 heteroatoms. The van der Waals surface area contributed by atoms with Crippen LogP contribution in [0.5, 0.6) is 5.75 Å². The Morgan fingerprint density at radius 1 is 1.27 bits per heavy atom. The van der Waals surface area contributed by atoms with Crippen molar-refractivity contribution >= 4 is 59.5 Å². The molecule has 0 fully saturated rings. The number of hydrogen-bond acceptors (Lipinski definition) is 9. The van der Waals surface area contributed by atoms with Gasteiger partial charge in [0.2, 0.25) is 0 Å². The van der Waals surface area contributed by atoms with Crippen LogP contribution >= 0.6 is 11.3 Å². The van der Waals surface area contributed by atoms with Crippen molar-refractivity contribution in [2.24, 2.45) is 0 Å². The molecule has 4 rings (SSSR count). The Kier molecular flexibility index (Phi) is 5.71. The average Bonchev–Trinajstić information content (AvgIpc) is 3.19. The summed E-state index contributed by atoms with van der Waals surface area (Å²) in [5, 5.41) is 12.4. The van der Waals surface area contributed by atoms with E-state index in [4.69, 9.17) is 9.15 Å². The average molecular weight is 482 g/mol. The summed E-state index contributed by atoms with van der Waals surface area (Å²) in [4.78, 5) is 29.8. The number of aromatic nitrogens is 1. The summed E-state index contributed by atoms with van der Waals surface area (Å²) in [6, 6.07) is 10.9. The number of anilines is 1. The largest absolute Gasteiger partial charge is 0.497 e. The molecule has 166 valence electrons. The minimum atomic E-state index is -3.39. The summed E-state index contributed by atoms with van der Waals surface area (Å²) in [6.07, 6.45) is 3.41. The number of hydrogen-bond donors (Lipinski definition) is 1. The van der Waals surface area contributed by atoms with Crippen LogP contribution in [0.15, 0.2) is 62.3 Å². The molecular formula is C22H15N3O6S2. The van der Waals surface area contributed by atoms with E-state index in [1.54, 1.807) is 18.2 Å². The molecule has 2 heterocycles. The number of sulfone groups is 1. The van der Waals surface area contributed by atoms with E-state index in [0.717, 1.165) is 23.7 Å². The van der Waals surface area contributed by atoms with Crippen molar-refractivity contribution in [1.82, 2.24) is 4.98 Å². The van der Waals surface area contributed by atoms with Gasteiger partial charge in [-0.25, -0.2) is 13.4 Å². The smallest absolute Gasteiger partial charge is 0.268 e. The maximum atomic E-state index is 12.8. The fraction of sp³-hybridized carbons (Fsp3) is 0.0909. The zero-order valence-corrected chi connectivity index (χ0v) is 18.9. The van der Waals surface area contributed by atoms with E-state index in [1.165, 1.54) is 37.6 Å². The van der Waals surface area contributed by atoms with Crippen LogP contribution in [0.1, 0.15) is 5.56 Å². The molecular weight excluding hydrogens is 466 g/mol. The van der Waals surface area contributed by atoms with Crippen LogP contribution in [-0.2, 0) is 14.6 Å². The van der Waals surface area contributed by atoms with Gasteiger partial charge in [0.1, 0.15) is 29.2 Å². The fourth-order valence-corrected chi connectivity index (χ4v) is 4.63. The van der Waals surface area contributed by atoms with Gasteiger partial charge < -0.3 is 9.15 Å². The third-order valence-electron chi connectivity index (χ3n) is 4.68. The van der Waals surface area contributed by atoms with Crippen LogP contribution in [0.4, 0.5) is 5.13 Å². The molecule has 33 heavy (non-hydrogen) atoms. The molecule has 1 amide bonds. The number of carbonyl (C=O) groups excluding carboxylic acids is 1. The van der Waals surface area contributed by atoms with Crippen molar-refractivity contribution < 1.29 is 22.4 Å². The summed E-state index contributed by atoms with van der Waals surface area (Å²) in [5.41, 5.74) is 0.0901. The summed E-state index contributed by atoms with van der Waals surface area (Å²) in [6.45, 7) is 0. The maximum Gasteiger partial charge on any atom is 0.268 e. The monoisotopic (exact) mass is 481 g/mol. The standard InChI is InChI=1S/C22H15N3O6S2/c1-30-14-3-6-18-16(8-14)20(26)13(11-31-18)7-12(10-23)21(27)25-22-24-17-5-4-15(33(2,28)29)9-19(17)32-22/h3-9,11H,1-2H3,(H,24,25,27). The van der Waals surface area contributed by atoms with Gasteiger partial charge in [0, 0.05) is 6.26 Å². The number of thiazole rings is 1. The summed E-state index contributed by atoms with van der Waals surface area (Å²) in [5.74, 6) is -0.311. The van der Waals surface area contributed by atoms with Gasteiger partial charge in [-0.15, -0.1) is 0 Å². The molecule has 0 atom stereocenters. The number of carbonyl (C=O) groups is 1. The van der Waals surface area contributed by atoms with E-state index in [9.17, 15) is 23.3 Å². The molecule has 9 nitrogen and oxygen atoms in total. The van der Waals surface area contributed by atoms with Gasteiger partial charge in [0.15, 0.2) is 20.4 Å². The Morgan fingerprint density at radius 2 is 2.06 bits per heavy atom. The Balaban J connectivity index is 1.65. The van der Waals surface area contributed by atoms with E-state index in [0.29, 0.717) is 21.5 Å². The Labute approximate surface area is 191 Å². The molecule has 0 bridgehead atoms. The van der Waals surface area contributed by atoms with Crippen LogP contribution in [-0.4, -0.2) is 32.7 Å². The van der Waals surface area contributed by atoms with Crippen molar-refractivity contribution in [3.63, 3.8) is 0 Å². The molecule has 1 N–H and O–H groups in total. The first-order chi connectivity index (χ1) is 15.7. The number of amides is 1. The molecule has 0 saturated heterocycles. The maximum absolute atomic E-state index is 12.8. The Morgan fingerprint density at radius 3 is 2.76 bits per heavy atom. The molecule has 0 aliphatic rings. The number of fused-ring (bicyclic) bond motifs is 2. The zero-order valence-electron chi connectivity index (χ0n) is 17.3. The summed E-state index contributed by atoms with van der Waals surface area (Å²) < 4.78 is 34.6. The van der Waals surface area contributed by atoms with Crippen molar-refractivity contribution in [3.8, 4) is 11.8 Å². The fourth-order valence-electron chi connectivity index (χ4n) is 3.01. The first-order valence-electron chi connectivity index (χ1n) is 9.33. The molecule has 0 spiro atoms. The molecule has 2 aromatic carbocycles. The molecule has 0 aliphatic carbocycles. The first kappa shape index (κ1) is 22.2. The lowest BCUT2D eigenvalue weighted by atomic mass is 10.1. The highest BCUT2D eigenvalue weighted by Crippen LogP contribution is 2.28. The quantitative estimate of drug-likeness (QED) is 0.338. The van der Waals surface area contributed by atoms with E-state index in [1.807, 2.05) is 0 Å². The number of nitrogens with one attached hydrogen (secondary N) is 1. The second kappa shape index (κ2) is 8.50. The van der Waals surface area contributed by atoms with Gasteiger partial charge >= 0.3 is 0 Å². The van der Waals surface area contributed by atoms with Crippen molar-refractivity contribution in [1.29, 1.82) is 5.26 Å². The lowest BCUT2D eigenvalue weighted by Gasteiger charge is -2.03. The third-order valence-corrected chi connectivity index (χ3v) is 6.72. The third kappa shape index (κ3) is 4.48. The van der Waals surface area contributed by atoms with Crippen molar-refractivity contribution in [3.05, 3.63) is 64.0 Å². The van der Waals surface area contributed by atoms with E-state index in [-0.39, 0.29) is 26.5 Å². The molecule has 0 radical (unpaired) electrons. The number of nitrogens with zero attached hydrogens (tertiary/aromatic N) is 2. The second-order valence-electron chi connectivity index (χ2n) is 6.93. The highest BCUT2D eigenvalue weighted by Gasteiger charge is 2.16. The van der Waals surface area contributed by atoms with Crippen LogP contribution in [0.3, 0.4) is 0 Å². The van der Waals surface area contributed by atoms with E-state index in [2.05, 4.69) is 10.3 Å². The van der Waals surface area contributed by atoms with E-state index < -0.39 is 21.2 Å². The zero-order chi connectivity index (χ0) is 23.8. The highest BCUT2D eigenvalue weighted by molar-refractivity contribution is 7.90. The van der Waals surface area contributed by atoms with Crippen molar-refractivity contribution in [2.45, 2.75) is 4.90 Å². The molecule has 0 unspecified atom stereocenters. The van der Waals surface area contributed by atoms with Gasteiger partial charge in [-0.2, -0.15) is 5.26 Å². The van der Waals surface area contributed by atoms with Gasteiger partial charge in [0.05, 0.1) is 33.2 Å². The van der Waals surface area contributed by atoms with Crippen molar-refractivity contribution in [2.75, 3.05) is 18.7 Å². The van der Waals surface area contributed by atoms with Crippen LogP contribution in [0, 0.1) is 11.3 Å². The minimum Gasteiger partial charge on any atom is -0.497 e. The number of methoxy groups -OCH3 is 1. The number of rotatable bonds is 5. The van der Waals surface area contributed by atoms with Crippen LogP contribution in [0.25, 0.3) is 27.3 Å². The lowest BCUT2D eigenvalue weighted by Crippen LogP contribution is -2.14. The Hall–Kier alpha value is -4.01. The number of ether oxygens (including phenoxy) is 1. The van der Waals surface area contributed by atoms with Crippen LogP contribution < -0.4 is 15.5 Å². The molecule has 2 aromatic heterocycles. The lowest BCUT2D eigenvalue weighted by molar-refractivity contribution is -0.112. The summed E-state index contributed by atoms with van der Waals surface area (Å²) in [7, 11) is -1.92. The second-order valence-corrected chi connectivity index (χ2v) is 9.97. The van der Waals surface area contributed by atoms with Gasteiger partial charge in [-0.3, -0.25) is 14.9 Å². The predicted octanol–water partition coefficient (Wildman–Crippen LogP) is 3.36. The van der Waals surface area contributed by atoms with Gasteiger partial charge in [0.25, 0.3) is 5.91 Å². The summed E-state index contributed by atoms with van der Waals surface area (Å²) >= 11 is 1.06. The normalized spacial score (nSPS) is 12.0. The minimum absolute atomic E-state index is 0.0181. The highest BCUT2D eigenvalue weighted by atomic mass is 32.2. The molecule has 0 aliphatic heterocycles. The SMILES string of the molecule is COc1ccc2occ(C=C(C#N)C(=O)Nc3nc4ccc(S(C)(=O)=O)cc4s3)c(=O)c2c1. The van der Waals surface area contributed by atoms with Gasteiger partial charge in [-0.1, -0.05) is 11.3 Å². The van der Waals surface area contributed by atoms with E-state index >= 15 is 0 Å². The molecule has 4 aromatic rings. The number of nitriles is 1. The van der Waals surface area contributed by atoms with Crippen LogP contribution in [0.2, 0.25) is 0 Å². The number of benzene rings is 2. The molecule has 0 saturated carbocycles. The van der Waals surface area contributed by atoms with Gasteiger partial charge in [-0.05, 0) is 42.5 Å². The topological polar surface area (TPSA) is 139 Å².